The fraction of sp³-hybridized carbons (Fsp3) is 0.364. The second-order valence-corrected chi connectivity index (χ2v) is 6.50. The summed E-state index contributed by atoms with van der Waals surface area (Å²) in [7, 11) is -3.88. The Kier molecular flexibility index (Phi) is 5.20. The van der Waals surface area contributed by atoms with Crippen LogP contribution in [0, 0.1) is 0 Å². The van der Waals surface area contributed by atoms with Crippen molar-refractivity contribution < 1.29 is 18.3 Å². The lowest BCUT2D eigenvalue weighted by molar-refractivity contribution is 0.0697. The first-order valence-corrected chi connectivity index (χ1v) is 7.67. The molecule has 0 saturated carbocycles. The number of hydrogen-bond donors (Lipinski definition) is 2. The topological polar surface area (TPSA) is 83.5 Å². The normalized spacial score (nSPS) is 13.3. The zero-order valence-corrected chi connectivity index (χ0v) is 12.6. The Hall–Kier alpha value is -0.820. The first-order valence-electron chi connectivity index (χ1n) is 5.43. The Labute approximate surface area is 121 Å². The van der Waals surface area contributed by atoms with Crippen molar-refractivity contribution in [2.75, 3.05) is 0 Å². The summed E-state index contributed by atoms with van der Waals surface area (Å²) in [6.07, 6.45) is 0.593. The molecule has 19 heavy (non-hydrogen) atoms. The van der Waals surface area contributed by atoms with E-state index >= 15 is 0 Å². The number of hydrogen-bond acceptors (Lipinski definition) is 3. The maximum atomic E-state index is 12.1. The van der Waals surface area contributed by atoms with Gasteiger partial charge < -0.3 is 5.11 Å². The van der Waals surface area contributed by atoms with Crippen LogP contribution in [-0.4, -0.2) is 25.5 Å². The van der Waals surface area contributed by atoms with Crippen molar-refractivity contribution in [2.45, 2.75) is 31.2 Å². The Morgan fingerprint density at radius 2 is 1.95 bits per heavy atom. The number of aromatic carboxylic acids is 1. The highest BCUT2D eigenvalue weighted by Crippen LogP contribution is 2.28. The highest BCUT2D eigenvalue weighted by Gasteiger charge is 2.23. The van der Waals surface area contributed by atoms with Gasteiger partial charge in [0.2, 0.25) is 10.0 Å². The summed E-state index contributed by atoms with van der Waals surface area (Å²) in [5.74, 6) is -1.32. The quantitative estimate of drug-likeness (QED) is 0.871. The first-order chi connectivity index (χ1) is 8.69. The van der Waals surface area contributed by atoms with Gasteiger partial charge in [0.1, 0.15) is 4.90 Å². The minimum absolute atomic E-state index is 0.111. The van der Waals surface area contributed by atoms with Gasteiger partial charge in [0.05, 0.1) is 15.6 Å². The second-order valence-electron chi connectivity index (χ2n) is 4.00. The second kappa shape index (κ2) is 6.09. The van der Waals surface area contributed by atoms with Crippen LogP contribution >= 0.6 is 23.2 Å². The van der Waals surface area contributed by atoms with Gasteiger partial charge in [-0.2, -0.15) is 0 Å². The molecule has 0 spiro atoms. The molecule has 2 N–H and O–H groups in total. The maximum absolute atomic E-state index is 12.1. The van der Waals surface area contributed by atoms with E-state index in [-0.39, 0.29) is 26.5 Å². The molecule has 1 aromatic carbocycles. The van der Waals surface area contributed by atoms with Gasteiger partial charge in [0.15, 0.2) is 0 Å². The molecule has 106 valence electrons. The van der Waals surface area contributed by atoms with E-state index < -0.39 is 16.0 Å². The SMILES string of the molecule is CCC(C)NS(=O)(=O)c1cc(C(=O)O)c(Cl)cc1Cl. The molecule has 0 aliphatic carbocycles. The van der Waals surface area contributed by atoms with Crippen LogP contribution in [0.3, 0.4) is 0 Å². The number of carboxylic acids is 1. The number of nitrogens with one attached hydrogen (secondary N) is 1. The monoisotopic (exact) mass is 325 g/mol. The molecule has 0 amide bonds. The summed E-state index contributed by atoms with van der Waals surface area (Å²) in [6.45, 7) is 3.51. The van der Waals surface area contributed by atoms with Crippen LogP contribution in [0.4, 0.5) is 0 Å². The van der Waals surface area contributed by atoms with E-state index in [1.165, 1.54) is 0 Å². The third-order valence-electron chi connectivity index (χ3n) is 2.51. The van der Waals surface area contributed by atoms with Crippen LogP contribution < -0.4 is 4.72 Å². The summed E-state index contributed by atoms with van der Waals surface area (Å²) in [5.41, 5.74) is -0.310. The van der Waals surface area contributed by atoms with Crippen LogP contribution in [0.1, 0.15) is 30.6 Å². The van der Waals surface area contributed by atoms with E-state index in [0.29, 0.717) is 6.42 Å². The molecule has 8 heteroatoms. The van der Waals surface area contributed by atoms with Crippen molar-refractivity contribution in [3.8, 4) is 0 Å². The predicted molar refractivity (Wildman–Crippen MR) is 73.5 cm³/mol. The van der Waals surface area contributed by atoms with Crippen molar-refractivity contribution in [3.05, 3.63) is 27.7 Å². The van der Waals surface area contributed by atoms with Gasteiger partial charge in [0, 0.05) is 6.04 Å². The van der Waals surface area contributed by atoms with E-state index in [2.05, 4.69) is 4.72 Å². The number of rotatable bonds is 5. The van der Waals surface area contributed by atoms with Gasteiger partial charge in [-0.25, -0.2) is 17.9 Å². The van der Waals surface area contributed by atoms with Crippen LogP contribution in [0.15, 0.2) is 17.0 Å². The van der Waals surface area contributed by atoms with Crippen LogP contribution in [0.25, 0.3) is 0 Å². The standard InChI is InChI=1S/C11H13Cl2NO4S/c1-3-6(2)14-19(17,18)10-4-7(11(15)16)8(12)5-9(10)13/h4-6,14H,3H2,1-2H3,(H,15,16). The zero-order chi connectivity index (χ0) is 14.8. The number of benzene rings is 1. The molecule has 0 aliphatic rings. The third kappa shape index (κ3) is 3.82. The fourth-order valence-electron chi connectivity index (χ4n) is 1.31. The van der Waals surface area contributed by atoms with Crippen LogP contribution in [0.2, 0.25) is 10.0 Å². The van der Waals surface area contributed by atoms with E-state index in [0.717, 1.165) is 12.1 Å². The largest absolute Gasteiger partial charge is 0.478 e. The number of halogens is 2. The lowest BCUT2D eigenvalue weighted by Crippen LogP contribution is -2.32. The zero-order valence-electron chi connectivity index (χ0n) is 10.3. The van der Waals surface area contributed by atoms with Crippen molar-refractivity contribution >= 4 is 39.2 Å². The summed E-state index contributed by atoms with van der Waals surface area (Å²) in [5, 5.41) is 8.70. The van der Waals surface area contributed by atoms with E-state index in [9.17, 15) is 13.2 Å². The molecular weight excluding hydrogens is 313 g/mol. The Bertz CT molecular complexity index is 601. The predicted octanol–water partition coefficient (Wildman–Crippen LogP) is 2.77. The van der Waals surface area contributed by atoms with Crippen LogP contribution in [0.5, 0.6) is 0 Å². The van der Waals surface area contributed by atoms with E-state index in [1.807, 2.05) is 6.92 Å². The molecule has 0 bridgehead atoms. The summed E-state index contributed by atoms with van der Waals surface area (Å²) < 4.78 is 26.6. The average Bonchev–Trinajstić information content (AvgIpc) is 2.27. The lowest BCUT2D eigenvalue weighted by atomic mass is 10.2. The molecular formula is C11H13Cl2NO4S. The molecule has 0 heterocycles. The van der Waals surface area contributed by atoms with Gasteiger partial charge in [-0.05, 0) is 25.5 Å². The molecule has 5 nitrogen and oxygen atoms in total. The molecule has 0 fully saturated rings. The Balaban J connectivity index is 3.34. The van der Waals surface area contributed by atoms with Crippen molar-refractivity contribution in [1.82, 2.24) is 4.72 Å². The van der Waals surface area contributed by atoms with Crippen molar-refractivity contribution in [1.29, 1.82) is 0 Å². The lowest BCUT2D eigenvalue weighted by Gasteiger charge is -2.14. The van der Waals surface area contributed by atoms with E-state index in [1.54, 1.807) is 6.92 Å². The molecule has 1 atom stereocenters. The van der Waals surface area contributed by atoms with E-state index in [4.69, 9.17) is 28.3 Å². The van der Waals surface area contributed by atoms with Gasteiger partial charge in [0.25, 0.3) is 0 Å². The number of carbonyl (C=O) groups is 1. The number of carboxylic acid groups (broad SMARTS) is 1. The molecule has 0 aromatic heterocycles. The minimum Gasteiger partial charge on any atom is -0.478 e. The maximum Gasteiger partial charge on any atom is 0.337 e. The highest BCUT2D eigenvalue weighted by atomic mass is 35.5. The van der Waals surface area contributed by atoms with Crippen molar-refractivity contribution in [2.24, 2.45) is 0 Å². The van der Waals surface area contributed by atoms with Crippen molar-refractivity contribution in [3.63, 3.8) is 0 Å². The van der Waals surface area contributed by atoms with Gasteiger partial charge >= 0.3 is 5.97 Å². The molecule has 0 aliphatic heterocycles. The summed E-state index contributed by atoms with van der Waals surface area (Å²) in [6, 6.07) is 1.78. The van der Waals surface area contributed by atoms with Gasteiger partial charge in [-0.1, -0.05) is 30.1 Å². The summed E-state index contributed by atoms with van der Waals surface area (Å²) in [4.78, 5) is 10.7. The molecule has 0 saturated heterocycles. The summed E-state index contributed by atoms with van der Waals surface area (Å²) >= 11 is 11.5. The minimum atomic E-state index is -3.88. The average molecular weight is 326 g/mol. The smallest absolute Gasteiger partial charge is 0.337 e. The van der Waals surface area contributed by atoms with Gasteiger partial charge in [-0.3, -0.25) is 0 Å². The highest BCUT2D eigenvalue weighted by molar-refractivity contribution is 7.89. The van der Waals surface area contributed by atoms with Crippen LogP contribution in [-0.2, 0) is 10.0 Å². The Morgan fingerprint density at radius 1 is 1.37 bits per heavy atom. The molecule has 1 unspecified atom stereocenters. The number of sulfonamides is 1. The molecule has 1 aromatic rings. The Morgan fingerprint density at radius 3 is 2.42 bits per heavy atom. The molecule has 1 rings (SSSR count). The first kappa shape index (κ1) is 16.2. The van der Waals surface area contributed by atoms with Gasteiger partial charge in [-0.15, -0.1) is 0 Å². The molecule has 0 radical (unpaired) electrons. The third-order valence-corrected chi connectivity index (χ3v) is 4.88. The fourth-order valence-corrected chi connectivity index (χ4v) is 3.49.